The third-order valence-electron chi connectivity index (χ3n) is 5.64. The molecular weight excluding hydrogens is 308 g/mol. The van der Waals surface area contributed by atoms with Gasteiger partial charge >= 0.3 is 5.97 Å². The third-order valence-corrected chi connectivity index (χ3v) is 5.64. The molecule has 0 unspecified atom stereocenters. The van der Waals surface area contributed by atoms with Gasteiger partial charge in [0.1, 0.15) is 5.75 Å². The van der Waals surface area contributed by atoms with Gasteiger partial charge in [0, 0.05) is 6.42 Å². The summed E-state index contributed by atoms with van der Waals surface area (Å²) in [5, 5.41) is 2.38. The van der Waals surface area contributed by atoms with E-state index in [9.17, 15) is 4.79 Å². The Kier molecular flexibility index (Phi) is 6.12. The quantitative estimate of drug-likeness (QED) is 0.437. The smallest absolute Gasteiger partial charge is 0.310 e. The lowest BCUT2D eigenvalue weighted by Crippen LogP contribution is -2.13. The first-order valence-corrected chi connectivity index (χ1v) is 9.94. The van der Waals surface area contributed by atoms with Crippen molar-refractivity contribution in [3.63, 3.8) is 0 Å². The minimum Gasteiger partial charge on any atom is -0.427 e. The fourth-order valence-corrected chi connectivity index (χ4v) is 4.04. The van der Waals surface area contributed by atoms with Gasteiger partial charge in [-0.2, -0.15) is 0 Å². The van der Waals surface area contributed by atoms with Crippen LogP contribution in [0, 0.1) is 5.92 Å². The molecule has 0 spiro atoms. The summed E-state index contributed by atoms with van der Waals surface area (Å²) in [4.78, 5) is 11.4. The zero-order valence-electron chi connectivity index (χ0n) is 15.6. The first kappa shape index (κ1) is 18.0. The van der Waals surface area contributed by atoms with E-state index in [1.165, 1.54) is 55.9 Å². The lowest BCUT2D eigenvalue weighted by molar-refractivity contribution is -0.134. The van der Waals surface area contributed by atoms with E-state index >= 15 is 0 Å². The van der Waals surface area contributed by atoms with E-state index in [4.69, 9.17) is 4.74 Å². The van der Waals surface area contributed by atoms with Gasteiger partial charge in [0.2, 0.25) is 0 Å². The Morgan fingerprint density at radius 3 is 2.44 bits per heavy atom. The topological polar surface area (TPSA) is 26.3 Å². The average Bonchev–Trinajstić information content (AvgIpc) is 2.66. The number of carbonyl (C=O) groups is 1. The second-order valence-corrected chi connectivity index (χ2v) is 7.46. The molecule has 2 aromatic rings. The van der Waals surface area contributed by atoms with Crippen LogP contribution in [0.3, 0.4) is 0 Å². The summed E-state index contributed by atoms with van der Waals surface area (Å²) in [6, 6.07) is 12.7. The molecular formula is C23H30O2. The second-order valence-electron chi connectivity index (χ2n) is 7.46. The van der Waals surface area contributed by atoms with E-state index in [2.05, 4.69) is 31.2 Å². The molecule has 0 heterocycles. The maximum Gasteiger partial charge on any atom is 0.310 e. The van der Waals surface area contributed by atoms with E-state index in [0.29, 0.717) is 18.1 Å². The van der Waals surface area contributed by atoms with Crippen LogP contribution in [0.25, 0.3) is 10.8 Å². The number of hydrogen-bond donors (Lipinski definition) is 0. The Labute approximate surface area is 151 Å². The van der Waals surface area contributed by atoms with Gasteiger partial charge in [-0.15, -0.1) is 0 Å². The SMILES string of the molecule is CCCC[C@H]1CC[C@H](c2ccc3cc(OC(=O)CC)ccc3c2)CC1. The highest BCUT2D eigenvalue weighted by molar-refractivity contribution is 5.85. The van der Waals surface area contributed by atoms with Crippen LogP contribution >= 0.6 is 0 Å². The standard InChI is InChI=1S/C23H30O2/c1-3-5-6-17-7-9-18(10-8-17)19-11-12-21-16-22(25-23(24)4-2)14-13-20(21)15-19/h11-18H,3-10H2,1-2H3/t17-,18-. The monoisotopic (exact) mass is 338 g/mol. The molecule has 0 N–H and O–H groups in total. The van der Waals surface area contributed by atoms with Crippen LogP contribution in [0.15, 0.2) is 36.4 Å². The highest BCUT2D eigenvalue weighted by atomic mass is 16.5. The van der Waals surface area contributed by atoms with Gasteiger partial charge < -0.3 is 4.74 Å². The summed E-state index contributed by atoms with van der Waals surface area (Å²) in [6.07, 6.45) is 9.94. The predicted octanol–water partition coefficient (Wildman–Crippen LogP) is 6.62. The highest BCUT2D eigenvalue weighted by Crippen LogP contribution is 2.38. The summed E-state index contributed by atoms with van der Waals surface area (Å²) in [5.41, 5.74) is 1.47. The molecule has 0 bridgehead atoms. The van der Waals surface area contributed by atoms with Crippen LogP contribution < -0.4 is 4.74 Å². The van der Waals surface area contributed by atoms with E-state index in [-0.39, 0.29) is 5.97 Å². The minimum absolute atomic E-state index is 0.184. The van der Waals surface area contributed by atoms with Crippen LogP contribution in [0.4, 0.5) is 0 Å². The summed E-state index contributed by atoms with van der Waals surface area (Å²) in [7, 11) is 0. The molecule has 134 valence electrons. The summed E-state index contributed by atoms with van der Waals surface area (Å²) in [5.74, 6) is 2.12. The van der Waals surface area contributed by atoms with Crippen molar-refractivity contribution in [3.8, 4) is 5.75 Å². The summed E-state index contributed by atoms with van der Waals surface area (Å²) < 4.78 is 5.32. The van der Waals surface area contributed by atoms with Crippen LogP contribution in [0.2, 0.25) is 0 Å². The second kappa shape index (κ2) is 8.51. The van der Waals surface area contributed by atoms with Gasteiger partial charge in [-0.3, -0.25) is 4.79 Å². The fraction of sp³-hybridized carbons (Fsp3) is 0.522. The Morgan fingerprint density at radius 2 is 1.72 bits per heavy atom. The number of hydrogen-bond acceptors (Lipinski definition) is 2. The number of fused-ring (bicyclic) bond motifs is 1. The van der Waals surface area contributed by atoms with Crippen LogP contribution in [0.5, 0.6) is 5.75 Å². The normalized spacial score (nSPS) is 20.6. The molecule has 1 saturated carbocycles. The molecule has 0 amide bonds. The number of unbranched alkanes of at least 4 members (excludes halogenated alkanes) is 1. The molecule has 0 atom stereocenters. The first-order valence-electron chi connectivity index (χ1n) is 9.94. The highest BCUT2D eigenvalue weighted by Gasteiger charge is 2.22. The molecule has 3 rings (SSSR count). The van der Waals surface area contributed by atoms with Gasteiger partial charge in [-0.25, -0.2) is 0 Å². The minimum atomic E-state index is -0.184. The van der Waals surface area contributed by atoms with Gasteiger partial charge in [0.05, 0.1) is 0 Å². The zero-order chi connectivity index (χ0) is 17.6. The summed E-state index contributed by atoms with van der Waals surface area (Å²) >= 11 is 0. The van der Waals surface area contributed by atoms with Crippen molar-refractivity contribution in [1.29, 1.82) is 0 Å². The van der Waals surface area contributed by atoms with E-state index in [0.717, 1.165) is 11.3 Å². The molecule has 0 aromatic heterocycles. The third kappa shape index (κ3) is 4.62. The Hall–Kier alpha value is -1.83. The molecule has 1 aliphatic rings. The van der Waals surface area contributed by atoms with E-state index in [1.807, 2.05) is 19.1 Å². The van der Waals surface area contributed by atoms with Crippen LogP contribution in [-0.4, -0.2) is 5.97 Å². The summed E-state index contributed by atoms with van der Waals surface area (Å²) in [6.45, 7) is 4.10. The van der Waals surface area contributed by atoms with Crippen molar-refractivity contribution >= 4 is 16.7 Å². The van der Waals surface area contributed by atoms with Crippen LogP contribution in [-0.2, 0) is 4.79 Å². The predicted molar refractivity (Wildman–Crippen MR) is 104 cm³/mol. The zero-order valence-corrected chi connectivity index (χ0v) is 15.6. The maximum absolute atomic E-state index is 11.4. The molecule has 2 aromatic carbocycles. The number of rotatable bonds is 6. The van der Waals surface area contributed by atoms with Crippen molar-refractivity contribution in [2.24, 2.45) is 5.92 Å². The van der Waals surface area contributed by atoms with Gasteiger partial charge in [-0.1, -0.05) is 57.4 Å². The molecule has 0 radical (unpaired) electrons. The molecule has 1 aliphatic carbocycles. The first-order chi connectivity index (χ1) is 12.2. The van der Waals surface area contributed by atoms with Crippen molar-refractivity contribution in [2.75, 3.05) is 0 Å². The number of ether oxygens (including phenoxy) is 1. The van der Waals surface area contributed by atoms with Crippen LogP contribution in [0.1, 0.15) is 76.7 Å². The Bertz CT molecular complexity index is 711. The van der Waals surface area contributed by atoms with Crippen molar-refractivity contribution in [3.05, 3.63) is 42.0 Å². The number of carbonyl (C=O) groups excluding carboxylic acids is 1. The van der Waals surface area contributed by atoms with Crippen molar-refractivity contribution < 1.29 is 9.53 Å². The molecule has 0 saturated heterocycles. The van der Waals surface area contributed by atoms with Gasteiger partial charge in [0.15, 0.2) is 0 Å². The lowest BCUT2D eigenvalue weighted by Gasteiger charge is -2.29. The molecule has 2 heteroatoms. The van der Waals surface area contributed by atoms with Crippen molar-refractivity contribution in [2.45, 2.75) is 71.1 Å². The van der Waals surface area contributed by atoms with Crippen molar-refractivity contribution in [1.82, 2.24) is 0 Å². The molecule has 25 heavy (non-hydrogen) atoms. The maximum atomic E-state index is 11.4. The number of esters is 1. The fourth-order valence-electron chi connectivity index (χ4n) is 4.04. The van der Waals surface area contributed by atoms with Gasteiger partial charge in [-0.05, 0) is 66.0 Å². The van der Waals surface area contributed by atoms with E-state index < -0.39 is 0 Å². The Balaban J connectivity index is 1.67. The molecule has 2 nitrogen and oxygen atoms in total. The largest absolute Gasteiger partial charge is 0.427 e. The molecule has 0 aliphatic heterocycles. The Morgan fingerprint density at radius 1 is 1.00 bits per heavy atom. The van der Waals surface area contributed by atoms with E-state index in [1.54, 1.807) is 0 Å². The lowest BCUT2D eigenvalue weighted by atomic mass is 9.77. The average molecular weight is 338 g/mol. The number of benzene rings is 2. The van der Waals surface area contributed by atoms with Gasteiger partial charge in [0.25, 0.3) is 0 Å². The molecule has 1 fully saturated rings.